The number of nitrogen functional groups attached to an aromatic ring is 1. The van der Waals surface area contributed by atoms with Gasteiger partial charge in [0, 0.05) is 19.8 Å². The van der Waals surface area contributed by atoms with Crippen molar-refractivity contribution in [2.24, 2.45) is 0 Å². The van der Waals surface area contributed by atoms with Crippen LogP contribution in [-0.4, -0.2) is 20.0 Å². The number of furan rings is 1. The van der Waals surface area contributed by atoms with Gasteiger partial charge in [0.25, 0.3) is 5.91 Å². The minimum Gasteiger partial charge on any atom is -0.464 e. The average Bonchev–Trinajstić information content (AvgIpc) is 2.83. The Hall–Kier alpha value is -2.43. The number of carbonyl (C=O) groups is 1. The van der Waals surface area contributed by atoms with Crippen molar-refractivity contribution in [3.8, 4) is 0 Å². The van der Waals surface area contributed by atoms with Gasteiger partial charge in [0.05, 0.1) is 17.8 Å². The van der Waals surface area contributed by atoms with Crippen molar-refractivity contribution >= 4 is 17.3 Å². The second-order valence-corrected chi connectivity index (χ2v) is 4.72. The maximum atomic E-state index is 11.9. The predicted octanol–water partition coefficient (Wildman–Crippen LogP) is 2.17. The highest BCUT2D eigenvalue weighted by molar-refractivity contribution is 6.00. The fourth-order valence-electron chi connectivity index (χ4n) is 2.08. The molecule has 1 heterocycles. The van der Waals surface area contributed by atoms with Crippen molar-refractivity contribution in [1.29, 1.82) is 0 Å². The number of aryl methyl sites for hydroxylation is 1. The van der Waals surface area contributed by atoms with Crippen molar-refractivity contribution < 1.29 is 9.21 Å². The second-order valence-electron chi connectivity index (χ2n) is 4.72. The van der Waals surface area contributed by atoms with Gasteiger partial charge in [-0.05, 0) is 37.3 Å². The van der Waals surface area contributed by atoms with Crippen LogP contribution in [-0.2, 0) is 6.54 Å². The Morgan fingerprint density at radius 2 is 2.10 bits per heavy atom. The molecule has 0 bridgehead atoms. The number of hydrogen-bond donors (Lipinski definition) is 2. The lowest BCUT2D eigenvalue weighted by Gasteiger charge is -2.21. The number of benzene rings is 1. The van der Waals surface area contributed by atoms with Gasteiger partial charge in [0.2, 0.25) is 0 Å². The summed E-state index contributed by atoms with van der Waals surface area (Å²) in [4.78, 5) is 13.8. The van der Waals surface area contributed by atoms with Gasteiger partial charge >= 0.3 is 0 Å². The minimum atomic E-state index is -0.137. The first-order valence-corrected chi connectivity index (χ1v) is 6.39. The van der Waals surface area contributed by atoms with E-state index in [9.17, 15) is 4.79 Å². The van der Waals surface area contributed by atoms with Gasteiger partial charge in [-0.1, -0.05) is 0 Å². The lowest BCUT2D eigenvalue weighted by molar-refractivity contribution is 0.0963. The Morgan fingerprint density at radius 1 is 1.35 bits per heavy atom. The summed E-state index contributed by atoms with van der Waals surface area (Å²) in [6.07, 6.45) is 0. The van der Waals surface area contributed by atoms with Crippen LogP contribution in [0.15, 0.2) is 34.7 Å². The summed E-state index contributed by atoms with van der Waals surface area (Å²) < 4.78 is 5.56. The summed E-state index contributed by atoms with van der Waals surface area (Å²) in [5, 5.41) is 2.63. The molecular formula is C15H19N3O2. The van der Waals surface area contributed by atoms with Crippen molar-refractivity contribution in [1.82, 2.24) is 5.32 Å². The normalized spacial score (nSPS) is 10.3. The van der Waals surface area contributed by atoms with Gasteiger partial charge in [-0.25, -0.2) is 0 Å². The molecule has 0 spiro atoms. The molecule has 5 heteroatoms. The molecular weight excluding hydrogens is 254 g/mol. The molecule has 20 heavy (non-hydrogen) atoms. The summed E-state index contributed by atoms with van der Waals surface area (Å²) >= 11 is 0. The van der Waals surface area contributed by atoms with Crippen LogP contribution >= 0.6 is 0 Å². The second kappa shape index (κ2) is 5.69. The van der Waals surface area contributed by atoms with E-state index in [1.807, 2.05) is 31.0 Å². The average molecular weight is 273 g/mol. The number of carbonyl (C=O) groups excluding carboxylic acids is 1. The molecule has 1 aromatic heterocycles. The van der Waals surface area contributed by atoms with Crippen LogP contribution in [0.5, 0.6) is 0 Å². The predicted molar refractivity (Wildman–Crippen MR) is 79.8 cm³/mol. The van der Waals surface area contributed by atoms with E-state index in [4.69, 9.17) is 10.2 Å². The first-order valence-electron chi connectivity index (χ1n) is 6.39. The standard InChI is InChI=1S/C15H19N3O2/c1-10-4-6-12(20-10)9-18(3)14-8-11(16)5-7-13(14)15(19)17-2/h4-8H,9,16H2,1-3H3,(H,17,19). The monoisotopic (exact) mass is 273 g/mol. The van der Waals surface area contributed by atoms with Crippen LogP contribution in [0, 0.1) is 6.92 Å². The summed E-state index contributed by atoms with van der Waals surface area (Å²) in [6, 6.07) is 9.09. The third-order valence-electron chi connectivity index (χ3n) is 3.09. The summed E-state index contributed by atoms with van der Waals surface area (Å²) in [6.45, 7) is 2.47. The fourth-order valence-corrected chi connectivity index (χ4v) is 2.08. The van der Waals surface area contributed by atoms with E-state index in [0.29, 0.717) is 17.8 Å². The number of nitrogens with zero attached hydrogens (tertiary/aromatic N) is 1. The topological polar surface area (TPSA) is 71.5 Å². The smallest absolute Gasteiger partial charge is 0.253 e. The third kappa shape index (κ3) is 2.93. The molecule has 0 saturated carbocycles. The quantitative estimate of drug-likeness (QED) is 0.837. The number of nitrogens with two attached hydrogens (primary N) is 1. The number of anilines is 2. The number of rotatable bonds is 4. The van der Waals surface area contributed by atoms with Crippen LogP contribution in [0.3, 0.4) is 0 Å². The van der Waals surface area contributed by atoms with Crippen LogP contribution in [0.4, 0.5) is 11.4 Å². The van der Waals surface area contributed by atoms with Crippen molar-refractivity contribution in [3.05, 3.63) is 47.4 Å². The summed E-state index contributed by atoms with van der Waals surface area (Å²) in [7, 11) is 3.51. The van der Waals surface area contributed by atoms with Crippen LogP contribution < -0.4 is 16.0 Å². The molecule has 106 valence electrons. The van der Waals surface area contributed by atoms with E-state index in [2.05, 4.69) is 5.32 Å². The van der Waals surface area contributed by atoms with Gasteiger partial charge in [-0.15, -0.1) is 0 Å². The molecule has 0 radical (unpaired) electrons. The van der Waals surface area contributed by atoms with Crippen molar-refractivity contribution in [2.45, 2.75) is 13.5 Å². The lowest BCUT2D eigenvalue weighted by atomic mass is 10.1. The number of hydrogen-bond acceptors (Lipinski definition) is 4. The van der Waals surface area contributed by atoms with E-state index >= 15 is 0 Å². The fraction of sp³-hybridized carbons (Fsp3) is 0.267. The van der Waals surface area contributed by atoms with Gasteiger partial charge in [0.1, 0.15) is 11.5 Å². The Bertz CT molecular complexity index is 619. The van der Waals surface area contributed by atoms with E-state index in [1.165, 1.54) is 0 Å². The van der Waals surface area contributed by atoms with Crippen LogP contribution in [0.1, 0.15) is 21.9 Å². The summed E-state index contributed by atoms with van der Waals surface area (Å²) in [5.41, 5.74) is 7.81. The molecule has 0 aliphatic carbocycles. The van der Waals surface area contributed by atoms with Gasteiger partial charge in [0.15, 0.2) is 0 Å². The van der Waals surface area contributed by atoms with Crippen LogP contribution in [0.2, 0.25) is 0 Å². The molecule has 1 aromatic carbocycles. The van der Waals surface area contributed by atoms with Gasteiger partial charge in [-0.3, -0.25) is 4.79 Å². The highest BCUT2D eigenvalue weighted by Crippen LogP contribution is 2.24. The highest BCUT2D eigenvalue weighted by atomic mass is 16.3. The third-order valence-corrected chi connectivity index (χ3v) is 3.09. The van der Waals surface area contributed by atoms with Gasteiger partial charge < -0.3 is 20.4 Å². The molecule has 2 aromatic rings. The molecule has 0 fully saturated rings. The Morgan fingerprint density at radius 3 is 2.70 bits per heavy atom. The first kappa shape index (κ1) is 14.0. The zero-order valence-electron chi connectivity index (χ0n) is 11.9. The zero-order chi connectivity index (χ0) is 14.7. The molecule has 0 atom stereocenters. The molecule has 3 N–H and O–H groups in total. The van der Waals surface area contributed by atoms with E-state index in [0.717, 1.165) is 17.2 Å². The van der Waals surface area contributed by atoms with Crippen LogP contribution in [0.25, 0.3) is 0 Å². The first-order chi connectivity index (χ1) is 9.51. The Labute approximate surface area is 118 Å². The number of amides is 1. The van der Waals surface area contributed by atoms with Gasteiger partial charge in [-0.2, -0.15) is 0 Å². The van der Waals surface area contributed by atoms with Crippen molar-refractivity contribution in [2.75, 3.05) is 24.7 Å². The van der Waals surface area contributed by atoms with E-state index in [1.54, 1.807) is 25.2 Å². The Balaban J connectivity index is 2.30. The molecule has 0 saturated heterocycles. The minimum absolute atomic E-state index is 0.137. The molecule has 0 aliphatic heterocycles. The Kier molecular flexibility index (Phi) is 3.98. The SMILES string of the molecule is CNC(=O)c1ccc(N)cc1N(C)Cc1ccc(C)o1. The summed E-state index contributed by atoms with van der Waals surface area (Å²) in [5.74, 6) is 1.57. The lowest BCUT2D eigenvalue weighted by Crippen LogP contribution is -2.24. The largest absolute Gasteiger partial charge is 0.464 e. The molecule has 0 aliphatic rings. The number of nitrogens with one attached hydrogen (secondary N) is 1. The van der Waals surface area contributed by atoms with E-state index in [-0.39, 0.29) is 5.91 Å². The molecule has 1 amide bonds. The van der Waals surface area contributed by atoms with E-state index < -0.39 is 0 Å². The highest BCUT2D eigenvalue weighted by Gasteiger charge is 2.15. The van der Waals surface area contributed by atoms with Crippen molar-refractivity contribution in [3.63, 3.8) is 0 Å². The maximum Gasteiger partial charge on any atom is 0.253 e. The molecule has 2 rings (SSSR count). The zero-order valence-corrected chi connectivity index (χ0v) is 11.9. The molecule has 0 unspecified atom stereocenters. The molecule has 5 nitrogen and oxygen atoms in total. The maximum absolute atomic E-state index is 11.9.